The smallest absolute Gasteiger partial charge is 0.248 e. The van der Waals surface area contributed by atoms with E-state index in [2.05, 4.69) is 5.16 Å². The fourth-order valence-corrected chi connectivity index (χ4v) is 4.19. The quantitative estimate of drug-likeness (QED) is 0.747. The molecule has 146 valence electrons. The monoisotopic (exact) mass is 395 g/mol. The van der Waals surface area contributed by atoms with E-state index >= 15 is 0 Å². The normalized spacial score (nSPS) is 15.8. The SMILES string of the molecule is Cc1onc(/C=C/N2CCOCC2)c1S(=O)(=O)N(C)Cc1ccc(F)cc1. The number of hydrogen-bond donors (Lipinski definition) is 0. The number of ether oxygens (including phenoxy) is 1. The summed E-state index contributed by atoms with van der Waals surface area (Å²) >= 11 is 0. The van der Waals surface area contributed by atoms with Crippen molar-refractivity contribution in [3.05, 3.63) is 53.3 Å². The molecule has 0 unspecified atom stereocenters. The first-order valence-corrected chi connectivity index (χ1v) is 9.99. The van der Waals surface area contributed by atoms with Crippen molar-refractivity contribution >= 4 is 16.1 Å². The lowest BCUT2D eigenvalue weighted by Gasteiger charge is -2.24. The van der Waals surface area contributed by atoms with Gasteiger partial charge in [-0.1, -0.05) is 17.3 Å². The minimum Gasteiger partial charge on any atom is -0.378 e. The molecule has 1 fully saturated rings. The molecular weight excluding hydrogens is 373 g/mol. The second-order valence-corrected chi connectivity index (χ2v) is 8.29. The zero-order valence-corrected chi connectivity index (χ0v) is 16.1. The van der Waals surface area contributed by atoms with Crippen LogP contribution in [0.2, 0.25) is 0 Å². The summed E-state index contributed by atoms with van der Waals surface area (Å²) in [6.45, 7) is 4.42. The van der Waals surface area contributed by atoms with Crippen LogP contribution in [0.4, 0.5) is 4.39 Å². The second kappa shape index (κ2) is 8.20. The Labute approximate surface area is 158 Å². The van der Waals surface area contributed by atoms with E-state index in [0.29, 0.717) is 18.8 Å². The lowest BCUT2D eigenvalue weighted by molar-refractivity contribution is 0.0597. The number of nitrogens with zero attached hydrogens (tertiary/aromatic N) is 3. The maximum atomic E-state index is 13.1. The van der Waals surface area contributed by atoms with Gasteiger partial charge < -0.3 is 14.2 Å². The van der Waals surface area contributed by atoms with E-state index in [0.717, 1.165) is 13.1 Å². The Hall–Kier alpha value is -2.23. The van der Waals surface area contributed by atoms with Crippen LogP contribution >= 0.6 is 0 Å². The number of aryl methyl sites for hydroxylation is 1. The van der Waals surface area contributed by atoms with Crippen LogP contribution in [0.25, 0.3) is 6.08 Å². The van der Waals surface area contributed by atoms with E-state index in [9.17, 15) is 12.8 Å². The molecule has 0 saturated carbocycles. The molecule has 0 radical (unpaired) electrons. The highest BCUT2D eigenvalue weighted by molar-refractivity contribution is 7.89. The number of sulfonamides is 1. The van der Waals surface area contributed by atoms with Crippen LogP contribution in [0, 0.1) is 12.7 Å². The largest absolute Gasteiger partial charge is 0.378 e. The molecule has 2 aromatic rings. The van der Waals surface area contributed by atoms with Crippen LogP contribution in [-0.2, 0) is 21.3 Å². The first-order valence-electron chi connectivity index (χ1n) is 8.55. The summed E-state index contributed by atoms with van der Waals surface area (Å²) < 4.78 is 50.8. The molecule has 0 bridgehead atoms. The van der Waals surface area contributed by atoms with E-state index < -0.39 is 10.0 Å². The fraction of sp³-hybridized carbons (Fsp3) is 0.389. The Morgan fingerprint density at radius 3 is 2.59 bits per heavy atom. The molecule has 2 heterocycles. The molecule has 27 heavy (non-hydrogen) atoms. The summed E-state index contributed by atoms with van der Waals surface area (Å²) in [7, 11) is -2.36. The van der Waals surface area contributed by atoms with Gasteiger partial charge in [-0.15, -0.1) is 0 Å². The van der Waals surface area contributed by atoms with Crippen molar-refractivity contribution < 1.29 is 22.1 Å². The van der Waals surface area contributed by atoms with Gasteiger partial charge in [-0.3, -0.25) is 0 Å². The Morgan fingerprint density at radius 1 is 1.26 bits per heavy atom. The van der Waals surface area contributed by atoms with E-state index in [4.69, 9.17) is 9.26 Å². The molecule has 7 nitrogen and oxygen atoms in total. The highest BCUT2D eigenvalue weighted by Gasteiger charge is 2.29. The molecule has 0 spiro atoms. The minimum atomic E-state index is -3.83. The molecule has 9 heteroatoms. The predicted molar refractivity (Wildman–Crippen MR) is 97.7 cm³/mol. The first-order chi connectivity index (χ1) is 12.9. The van der Waals surface area contributed by atoms with Gasteiger partial charge in [0.2, 0.25) is 10.0 Å². The van der Waals surface area contributed by atoms with Crippen molar-refractivity contribution in [3.63, 3.8) is 0 Å². The highest BCUT2D eigenvalue weighted by atomic mass is 32.2. The van der Waals surface area contributed by atoms with Crippen LogP contribution in [0.3, 0.4) is 0 Å². The highest BCUT2D eigenvalue weighted by Crippen LogP contribution is 2.25. The van der Waals surface area contributed by atoms with Gasteiger partial charge in [0.15, 0.2) is 10.7 Å². The zero-order valence-electron chi connectivity index (χ0n) is 15.3. The Kier molecular flexibility index (Phi) is 5.93. The number of morpholine rings is 1. The molecule has 1 aromatic heterocycles. The maximum Gasteiger partial charge on any atom is 0.248 e. The van der Waals surface area contributed by atoms with E-state index in [1.807, 2.05) is 4.90 Å². The number of halogens is 1. The van der Waals surface area contributed by atoms with Crippen LogP contribution in [-0.4, -0.2) is 56.1 Å². The van der Waals surface area contributed by atoms with E-state index in [1.165, 1.54) is 23.5 Å². The van der Waals surface area contributed by atoms with Crippen LogP contribution in [0.15, 0.2) is 39.9 Å². The maximum absolute atomic E-state index is 13.1. The summed E-state index contributed by atoms with van der Waals surface area (Å²) in [5.41, 5.74) is 0.937. The Bertz CT molecular complexity index is 903. The molecule has 0 aliphatic carbocycles. The van der Waals surface area contributed by atoms with Gasteiger partial charge in [-0.2, -0.15) is 4.31 Å². The minimum absolute atomic E-state index is 0.0385. The molecule has 1 aliphatic rings. The third-order valence-corrected chi connectivity index (χ3v) is 6.27. The van der Waals surface area contributed by atoms with Crippen LogP contribution < -0.4 is 0 Å². The summed E-state index contributed by atoms with van der Waals surface area (Å²) in [5, 5.41) is 3.89. The fourth-order valence-electron chi connectivity index (χ4n) is 2.79. The summed E-state index contributed by atoms with van der Waals surface area (Å²) in [5.74, 6) is -0.141. The average molecular weight is 395 g/mol. The van der Waals surface area contributed by atoms with Gasteiger partial charge in [0.25, 0.3) is 0 Å². The number of benzene rings is 1. The second-order valence-electron chi connectivity index (χ2n) is 6.30. The predicted octanol–water partition coefficient (Wildman–Crippen LogP) is 2.25. The molecular formula is C18H22FN3O4S. The van der Waals surface area contributed by atoms with Crippen LogP contribution in [0.5, 0.6) is 0 Å². The van der Waals surface area contributed by atoms with Gasteiger partial charge >= 0.3 is 0 Å². The molecule has 3 rings (SSSR count). The summed E-state index contributed by atoms with van der Waals surface area (Å²) in [6, 6.07) is 5.72. The van der Waals surface area contributed by atoms with Crippen molar-refractivity contribution in [3.8, 4) is 0 Å². The molecule has 0 N–H and O–H groups in total. The summed E-state index contributed by atoms with van der Waals surface area (Å²) in [6.07, 6.45) is 3.44. The van der Waals surface area contributed by atoms with E-state index in [1.54, 1.807) is 31.3 Å². The Morgan fingerprint density at radius 2 is 1.93 bits per heavy atom. The average Bonchev–Trinajstić information content (AvgIpc) is 3.04. The molecule has 1 aliphatic heterocycles. The lowest BCUT2D eigenvalue weighted by atomic mass is 10.2. The topological polar surface area (TPSA) is 75.9 Å². The summed E-state index contributed by atoms with van der Waals surface area (Å²) in [4.78, 5) is 2.07. The van der Waals surface area contributed by atoms with Gasteiger partial charge in [-0.05, 0) is 30.7 Å². The zero-order chi connectivity index (χ0) is 19.4. The lowest BCUT2D eigenvalue weighted by Crippen LogP contribution is -2.32. The van der Waals surface area contributed by atoms with Crippen molar-refractivity contribution in [2.24, 2.45) is 0 Å². The van der Waals surface area contributed by atoms with Crippen molar-refractivity contribution in [2.75, 3.05) is 33.4 Å². The first kappa shape index (κ1) is 19.5. The van der Waals surface area contributed by atoms with Crippen molar-refractivity contribution in [1.29, 1.82) is 0 Å². The number of rotatable bonds is 6. The third kappa shape index (κ3) is 4.55. The Balaban J connectivity index is 1.82. The number of hydrogen-bond acceptors (Lipinski definition) is 6. The van der Waals surface area contributed by atoms with Gasteiger partial charge in [0.1, 0.15) is 11.5 Å². The third-order valence-electron chi connectivity index (χ3n) is 4.31. The van der Waals surface area contributed by atoms with Gasteiger partial charge in [0, 0.05) is 32.9 Å². The molecule has 0 atom stereocenters. The van der Waals surface area contributed by atoms with Gasteiger partial charge in [0.05, 0.1) is 13.2 Å². The molecule has 0 amide bonds. The molecule has 1 aromatic carbocycles. The van der Waals surface area contributed by atoms with E-state index in [-0.39, 0.29) is 28.7 Å². The standard InChI is InChI=1S/C18H22FN3O4S/c1-14-18(17(20-26-14)7-8-22-9-11-25-12-10-22)27(23,24)21(2)13-15-3-5-16(19)6-4-15/h3-8H,9-13H2,1-2H3/b8-7+. The van der Waals surface area contributed by atoms with Gasteiger partial charge in [-0.25, -0.2) is 12.8 Å². The number of aromatic nitrogens is 1. The van der Waals surface area contributed by atoms with Crippen molar-refractivity contribution in [2.45, 2.75) is 18.4 Å². The van der Waals surface area contributed by atoms with Crippen LogP contribution in [0.1, 0.15) is 17.0 Å². The molecule has 1 saturated heterocycles. The van der Waals surface area contributed by atoms with Crippen molar-refractivity contribution in [1.82, 2.24) is 14.4 Å².